The molecule has 3 aromatic rings. The average molecular weight is 620 g/mol. The quantitative estimate of drug-likeness (QED) is 0.195. The van der Waals surface area contributed by atoms with E-state index in [9.17, 15) is 28.4 Å². The zero-order chi connectivity index (χ0) is 32.9. The minimum Gasteiger partial charge on any atom is -0.481 e. The molecular formula is C33H38FN5O6. The lowest BCUT2D eigenvalue weighted by Gasteiger charge is -2.28. The molecule has 0 aliphatic carbocycles. The monoisotopic (exact) mass is 619 g/mol. The number of carboxylic acids is 1. The Hall–Kier alpha value is -5.26. The fourth-order valence-electron chi connectivity index (χ4n) is 4.26. The molecule has 238 valence electrons. The minimum atomic E-state index is -1.16. The van der Waals surface area contributed by atoms with Gasteiger partial charge in [-0.3, -0.25) is 19.2 Å². The zero-order valence-corrected chi connectivity index (χ0v) is 25.5. The number of hydrogen-bond acceptors (Lipinski definition) is 5. The van der Waals surface area contributed by atoms with Crippen LogP contribution in [0.2, 0.25) is 0 Å². The molecule has 0 heterocycles. The molecule has 5 amide bonds. The number of nitrogens with zero attached hydrogens (tertiary/aromatic N) is 2. The molecule has 0 unspecified atom stereocenters. The summed E-state index contributed by atoms with van der Waals surface area (Å²) in [6.45, 7) is 4.96. The molecule has 45 heavy (non-hydrogen) atoms. The Morgan fingerprint density at radius 3 is 2.09 bits per heavy atom. The molecule has 0 bridgehead atoms. The minimum absolute atomic E-state index is 0.0229. The molecule has 11 nitrogen and oxygen atoms in total. The van der Waals surface area contributed by atoms with Crippen molar-refractivity contribution in [3.63, 3.8) is 0 Å². The summed E-state index contributed by atoms with van der Waals surface area (Å²) in [6.07, 6.45) is 0.163. The van der Waals surface area contributed by atoms with Crippen molar-refractivity contribution in [2.75, 3.05) is 42.1 Å². The van der Waals surface area contributed by atoms with E-state index in [1.165, 1.54) is 23.1 Å². The molecular weight excluding hydrogens is 581 g/mol. The summed E-state index contributed by atoms with van der Waals surface area (Å²) in [4.78, 5) is 65.4. The maximum Gasteiger partial charge on any atom is 0.323 e. The summed E-state index contributed by atoms with van der Waals surface area (Å²) in [5.74, 6) is -3.33. The molecule has 0 aliphatic heterocycles. The van der Waals surface area contributed by atoms with Gasteiger partial charge in [-0.05, 0) is 73.4 Å². The molecule has 0 aromatic heterocycles. The Kier molecular flexibility index (Phi) is 12.6. The fourth-order valence-corrected chi connectivity index (χ4v) is 4.26. The van der Waals surface area contributed by atoms with Crippen LogP contribution in [0.4, 0.5) is 26.2 Å². The summed E-state index contributed by atoms with van der Waals surface area (Å²) >= 11 is 0. The van der Waals surface area contributed by atoms with Gasteiger partial charge in [0.05, 0.1) is 13.0 Å². The zero-order valence-electron chi connectivity index (χ0n) is 25.5. The third kappa shape index (κ3) is 11.4. The van der Waals surface area contributed by atoms with E-state index in [0.717, 1.165) is 16.5 Å². The Morgan fingerprint density at radius 1 is 0.800 bits per heavy atom. The number of aryl methyl sites for hydroxylation is 1. The van der Waals surface area contributed by atoms with E-state index in [4.69, 9.17) is 5.11 Å². The number of hydrogen-bond donors (Lipinski definition) is 4. The topological polar surface area (TPSA) is 148 Å². The van der Waals surface area contributed by atoms with Crippen LogP contribution >= 0.6 is 0 Å². The highest BCUT2D eigenvalue weighted by Gasteiger charge is 2.25. The van der Waals surface area contributed by atoms with E-state index in [1.807, 2.05) is 39.0 Å². The van der Waals surface area contributed by atoms with Crippen LogP contribution in [0.3, 0.4) is 0 Å². The normalized spacial score (nSPS) is 10.6. The van der Waals surface area contributed by atoms with Gasteiger partial charge in [0.1, 0.15) is 12.4 Å². The average Bonchev–Trinajstić information content (AvgIpc) is 2.99. The van der Waals surface area contributed by atoms with Gasteiger partial charge < -0.3 is 30.9 Å². The van der Waals surface area contributed by atoms with Gasteiger partial charge in [0.15, 0.2) is 0 Å². The fraction of sp³-hybridized carbons (Fsp3) is 0.303. The Balaban J connectivity index is 1.64. The maximum absolute atomic E-state index is 13.8. The number of nitrogens with one attached hydrogen (secondary N) is 3. The second-order valence-corrected chi connectivity index (χ2v) is 10.9. The Bertz CT molecular complexity index is 1510. The second-order valence-electron chi connectivity index (χ2n) is 10.9. The smallest absolute Gasteiger partial charge is 0.323 e. The number of para-hydroxylation sites is 1. The van der Waals surface area contributed by atoms with Crippen molar-refractivity contribution in [1.29, 1.82) is 0 Å². The Morgan fingerprint density at radius 2 is 1.47 bits per heavy atom. The second kappa shape index (κ2) is 16.6. The van der Waals surface area contributed by atoms with Gasteiger partial charge in [-0.2, -0.15) is 0 Å². The molecule has 3 rings (SSSR count). The molecule has 0 fully saturated rings. The number of halogens is 1. The first-order chi connectivity index (χ1) is 21.4. The SMILES string of the molecule is Cc1ccccc1NC(=O)Nc1ccc(NC(=O)CN(CCC(C)C)C(=O)CN(CCC(=O)O)C(=O)c2cccc(F)c2)cc1. The summed E-state index contributed by atoms with van der Waals surface area (Å²) < 4.78 is 13.8. The van der Waals surface area contributed by atoms with Gasteiger partial charge in [0.25, 0.3) is 5.91 Å². The van der Waals surface area contributed by atoms with Crippen molar-refractivity contribution in [3.05, 3.63) is 89.7 Å². The summed E-state index contributed by atoms with van der Waals surface area (Å²) in [7, 11) is 0. The van der Waals surface area contributed by atoms with Crippen LogP contribution in [-0.4, -0.2) is 70.8 Å². The number of amides is 5. The number of benzene rings is 3. The van der Waals surface area contributed by atoms with Crippen LogP contribution in [0, 0.1) is 18.7 Å². The molecule has 0 spiro atoms. The number of urea groups is 1. The number of aliphatic carboxylic acids is 1. The van der Waals surface area contributed by atoms with E-state index >= 15 is 0 Å². The molecule has 0 atom stereocenters. The standard InChI is InChI=1S/C33H38FN5O6/c1-22(2)15-17-38(30(41)21-39(18-16-31(42)43)32(44)24-8-6-9-25(34)19-24)20-29(40)35-26-11-13-27(14-12-26)36-33(45)37-28-10-5-4-7-23(28)3/h4-14,19,22H,15-18,20-21H2,1-3H3,(H,35,40)(H,42,43)(H2,36,37,45). The van der Waals surface area contributed by atoms with Crippen LogP contribution in [-0.2, 0) is 14.4 Å². The molecule has 3 aromatic carbocycles. The van der Waals surface area contributed by atoms with Crippen LogP contribution < -0.4 is 16.0 Å². The summed E-state index contributed by atoms with van der Waals surface area (Å²) in [5, 5.41) is 17.4. The van der Waals surface area contributed by atoms with Crippen LogP contribution in [0.5, 0.6) is 0 Å². The highest BCUT2D eigenvalue weighted by Crippen LogP contribution is 2.17. The highest BCUT2D eigenvalue weighted by atomic mass is 19.1. The van der Waals surface area contributed by atoms with E-state index in [-0.39, 0.29) is 31.1 Å². The van der Waals surface area contributed by atoms with Gasteiger partial charge >= 0.3 is 12.0 Å². The number of carbonyl (C=O) groups excluding carboxylic acids is 4. The number of rotatable bonds is 14. The van der Waals surface area contributed by atoms with E-state index in [0.29, 0.717) is 23.5 Å². The molecule has 0 aliphatic rings. The van der Waals surface area contributed by atoms with Gasteiger partial charge in [-0.1, -0.05) is 38.1 Å². The first-order valence-electron chi connectivity index (χ1n) is 14.5. The largest absolute Gasteiger partial charge is 0.481 e. The highest BCUT2D eigenvalue weighted by molar-refractivity contribution is 6.01. The van der Waals surface area contributed by atoms with Crippen molar-refractivity contribution < 1.29 is 33.5 Å². The Labute approximate surface area is 261 Å². The first-order valence-corrected chi connectivity index (χ1v) is 14.5. The van der Waals surface area contributed by atoms with Gasteiger partial charge in [0.2, 0.25) is 11.8 Å². The van der Waals surface area contributed by atoms with E-state index in [1.54, 1.807) is 30.3 Å². The predicted octanol–water partition coefficient (Wildman–Crippen LogP) is 5.21. The van der Waals surface area contributed by atoms with E-state index in [2.05, 4.69) is 16.0 Å². The number of anilines is 3. The lowest BCUT2D eigenvalue weighted by molar-refractivity contribution is -0.138. The van der Waals surface area contributed by atoms with Crippen molar-refractivity contribution >= 4 is 46.8 Å². The predicted molar refractivity (Wildman–Crippen MR) is 169 cm³/mol. The maximum atomic E-state index is 13.8. The molecule has 0 saturated heterocycles. The molecule has 0 radical (unpaired) electrons. The summed E-state index contributed by atoms with van der Waals surface area (Å²) in [5.41, 5.74) is 2.50. The number of carboxylic acid groups (broad SMARTS) is 1. The van der Waals surface area contributed by atoms with Crippen molar-refractivity contribution in [1.82, 2.24) is 9.80 Å². The third-order valence-electron chi connectivity index (χ3n) is 6.76. The third-order valence-corrected chi connectivity index (χ3v) is 6.76. The lowest BCUT2D eigenvalue weighted by Crippen LogP contribution is -2.46. The van der Waals surface area contributed by atoms with Crippen molar-refractivity contribution in [2.24, 2.45) is 5.92 Å². The van der Waals surface area contributed by atoms with Crippen LogP contribution in [0.15, 0.2) is 72.8 Å². The van der Waals surface area contributed by atoms with Crippen molar-refractivity contribution in [2.45, 2.75) is 33.6 Å². The summed E-state index contributed by atoms with van der Waals surface area (Å²) in [6, 6.07) is 18.3. The van der Waals surface area contributed by atoms with Gasteiger partial charge in [-0.25, -0.2) is 9.18 Å². The molecule has 4 N–H and O–H groups in total. The van der Waals surface area contributed by atoms with Crippen LogP contribution in [0.25, 0.3) is 0 Å². The number of carbonyl (C=O) groups is 5. The lowest BCUT2D eigenvalue weighted by atomic mass is 10.1. The van der Waals surface area contributed by atoms with Crippen LogP contribution in [0.1, 0.15) is 42.6 Å². The van der Waals surface area contributed by atoms with Crippen molar-refractivity contribution in [3.8, 4) is 0 Å². The molecule has 12 heteroatoms. The first kappa shape index (κ1) is 34.2. The van der Waals surface area contributed by atoms with Gasteiger partial charge in [0, 0.05) is 35.7 Å². The van der Waals surface area contributed by atoms with Gasteiger partial charge in [-0.15, -0.1) is 0 Å². The molecule has 0 saturated carbocycles. The van der Waals surface area contributed by atoms with E-state index < -0.39 is 48.5 Å².